The van der Waals surface area contributed by atoms with Gasteiger partial charge in [0, 0.05) is 11.6 Å². The van der Waals surface area contributed by atoms with Gasteiger partial charge in [-0.25, -0.2) is 9.97 Å². The van der Waals surface area contributed by atoms with Gasteiger partial charge in [-0.3, -0.25) is 9.11 Å². The second-order valence-corrected chi connectivity index (χ2v) is 6.48. The van der Waals surface area contributed by atoms with E-state index < -0.39 is 20.2 Å². The van der Waals surface area contributed by atoms with Crippen LogP contribution in [-0.2, 0) is 20.2 Å². The molecule has 2 rings (SSSR count). The van der Waals surface area contributed by atoms with Crippen molar-refractivity contribution in [3.8, 4) is 0 Å². The number of hydrogen-bond acceptors (Lipinski definition) is 6. The van der Waals surface area contributed by atoms with Gasteiger partial charge in [0.25, 0.3) is 20.2 Å². The Hall–Kier alpha value is -1.62. The summed E-state index contributed by atoms with van der Waals surface area (Å²) in [6.45, 7) is 0. The van der Waals surface area contributed by atoms with E-state index in [1.807, 2.05) is 30.5 Å². The Morgan fingerprint density at radius 2 is 1.40 bits per heavy atom. The van der Waals surface area contributed by atoms with Crippen LogP contribution >= 0.6 is 0 Å². The summed E-state index contributed by atoms with van der Waals surface area (Å²) in [5.74, 6) is 0. The first-order valence-electron chi connectivity index (χ1n) is 4.96. The van der Waals surface area contributed by atoms with Crippen LogP contribution in [-0.4, -0.2) is 48.4 Å². The van der Waals surface area contributed by atoms with Gasteiger partial charge in [0.2, 0.25) is 0 Å². The molecule has 8 nitrogen and oxygen atoms in total. The third-order valence-electron chi connectivity index (χ3n) is 1.41. The molecule has 0 aliphatic heterocycles. The van der Waals surface area contributed by atoms with E-state index in [0.717, 1.165) is 10.9 Å². The first kappa shape index (κ1) is 18.4. The maximum Gasteiger partial charge on any atom is 0.261 e. The average molecular weight is 322 g/mol. The summed E-state index contributed by atoms with van der Waals surface area (Å²) in [6, 6.07) is 7.91. The van der Waals surface area contributed by atoms with Crippen molar-refractivity contribution in [2.45, 2.75) is 0 Å². The predicted octanol–water partition coefficient (Wildman–Crippen LogP) is 0.638. The van der Waals surface area contributed by atoms with Crippen molar-refractivity contribution in [3.63, 3.8) is 0 Å². The smallest absolute Gasteiger partial charge is 0.261 e. The van der Waals surface area contributed by atoms with Gasteiger partial charge in [-0.2, -0.15) is 16.8 Å². The molecule has 0 saturated carbocycles. The Bertz CT molecular complexity index is 632. The molecule has 0 bridgehead atoms. The standard InChI is InChI=1S/C8H6N2.2CH4O3S/c1-2-4-8-7(3-1)5-9-6-10-8;2*1-5(2,3)4/h1-6H;2*1H3,(H,2,3,4). The molecular weight excluding hydrogens is 308 g/mol. The maximum atomic E-state index is 9.19. The van der Waals surface area contributed by atoms with Crippen molar-refractivity contribution in [2.24, 2.45) is 0 Å². The lowest BCUT2D eigenvalue weighted by Gasteiger charge is -1.90. The highest BCUT2D eigenvalue weighted by atomic mass is 32.2. The maximum absolute atomic E-state index is 9.19. The zero-order chi connectivity index (χ0) is 15.8. The van der Waals surface area contributed by atoms with E-state index >= 15 is 0 Å². The highest BCUT2D eigenvalue weighted by Crippen LogP contribution is 2.06. The van der Waals surface area contributed by atoms with E-state index in [2.05, 4.69) is 9.97 Å². The third kappa shape index (κ3) is 14.4. The number of fused-ring (bicyclic) bond motifs is 1. The topological polar surface area (TPSA) is 135 Å². The van der Waals surface area contributed by atoms with Gasteiger partial charge < -0.3 is 0 Å². The van der Waals surface area contributed by atoms with Crippen LogP contribution in [0.25, 0.3) is 10.9 Å². The zero-order valence-corrected chi connectivity index (χ0v) is 12.3. The van der Waals surface area contributed by atoms with Crippen LogP contribution in [0.15, 0.2) is 36.8 Å². The highest BCUT2D eigenvalue weighted by Gasteiger charge is 1.87. The monoisotopic (exact) mass is 322 g/mol. The van der Waals surface area contributed by atoms with Crippen molar-refractivity contribution in [1.82, 2.24) is 9.97 Å². The lowest BCUT2D eigenvalue weighted by molar-refractivity contribution is 0.488. The molecule has 1 aromatic heterocycles. The minimum atomic E-state index is -3.67. The summed E-state index contributed by atoms with van der Waals surface area (Å²) < 4.78 is 51.7. The van der Waals surface area contributed by atoms with E-state index in [-0.39, 0.29) is 0 Å². The lowest BCUT2D eigenvalue weighted by atomic mass is 10.2. The number of hydrogen-bond donors (Lipinski definition) is 2. The largest absolute Gasteiger partial charge is 0.286 e. The second kappa shape index (κ2) is 7.85. The van der Waals surface area contributed by atoms with E-state index in [1.165, 1.54) is 0 Å². The van der Waals surface area contributed by atoms with Crippen LogP contribution in [0, 0.1) is 0 Å². The Morgan fingerprint density at radius 3 is 1.85 bits per heavy atom. The minimum absolute atomic E-state index is 0.715. The average Bonchev–Trinajstić information content (AvgIpc) is 2.25. The minimum Gasteiger partial charge on any atom is -0.286 e. The van der Waals surface area contributed by atoms with Gasteiger partial charge in [-0.15, -0.1) is 0 Å². The summed E-state index contributed by atoms with van der Waals surface area (Å²) in [6.07, 6.45) is 4.80. The summed E-state index contributed by atoms with van der Waals surface area (Å²) in [7, 11) is -7.33. The Morgan fingerprint density at radius 1 is 0.950 bits per heavy atom. The molecule has 1 aromatic carbocycles. The molecule has 0 aliphatic rings. The fraction of sp³-hybridized carbons (Fsp3) is 0.200. The number of rotatable bonds is 0. The molecule has 20 heavy (non-hydrogen) atoms. The molecule has 10 heteroatoms. The van der Waals surface area contributed by atoms with Crippen molar-refractivity contribution in [1.29, 1.82) is 0 Å². The molecule has 0 spiro atoms. The fourth-order valence-corrected chi connectivity index (χ4v) is 0.923. The molecule has 0 amide bonds. The van der Waals surface area contributed by atoms with Gasteiger partial charge in [-0.1, -0.05) is 18.2 Å². The Labute approximate surface area is 117 Å². The van der Waals surface area contributed by atoms with E-state index in [4.69, 9.17) is 9.11 Å². The van der Waals surface area contributed by atoms with E-state index in [1.54, 1.807) is 6.33 Å². The van der Waals surface area contributed by atoms with Crippen LogP contribution in [0.2, 0.25) is 0 Å². The van der Waals surface area contributed by atoms with Crippen molar-refractivity contribution in [2.75, 3.05) is 12.5 Å². The van der Waals surface area contributed by atoms with Gasteiger partial charge in [0.1, 0.15) is 6.33 Å². The number of benzene rings is 1. The van der Waals surface area contributed by atoms with Gasteiger partial charge in [0.15, 0.2) is 0 Å². The predicted molar refractivity (Wildman–Crippen MR) is 74.5 cm³/mol. The van der Waals surface area contributed by atoms with Gasteiger partial charge >= 0.3 is 0 Å². The van der Waals surface area contributed by atoms with Gasteiger partial charge in [-0.05, 0) is 6.07 Å². The van der Waals surface area contributed by atoms with Crippen LogP contribution in [0.1, 0.15) is 0 Å². The van der Waals surface area contributed by atoms with Gasteiger partial charge in [0.05, 0.1) is 18.0 Å². The molecule has 112 valence electrons. The molecular formula is C10H14N2O6S2. The Balaban J connectivity index is 0.000000310. The molecule has 0 atom stereocenters. The SMILES string of the molecule is CS(=O)(=O)O.CS(=O)(=O)O.c1ccc2ncncc2c1. The van der Waals surface area contributed by atoms with Crippen LogP contribution in [0.5, 0.6) is 0 Å². The third-order valence-corrected chi connectivity index (χ3v) is 1.41. The van der Waals surface area contributed by atoms with Crippen LogP contribution in [0.4, 0.5) is 0 Å². The molecule has 2 aromatic rings. The molecule has 0 saturated heterocycles. The number of aromatic nitrogens is 2. The van der Waals surface area contributed by atoms with Crippen LogP contribution in [0.3, 0.4) is 0 Å². The molecule has 0 aliphatic carbocycles. The fourth-order valence-electron chi connectivity index (χ4n) is 0.923. The first-order valence-corrected chi connectivity index (χ1v) is 8.66. The quantitative estimate of drug-likeness (QED) is 0.675. The molecule has 1 heterocycles. The van der Waals surface area contributed by atoms with Crippen molar-refractivity contribution in [3.05, 3.63) is 36.8 Å². The normalized spacial score (nSPS) is 10.8. The molecule has 2 N–H and O–H groups in total. The zero-order valence-electron chi connectivity index (χ0n) is 10.7. The van der Waals surface area contributed by atoms with E-state index in [0.29, 0.717) is 12.5 Å². The molecule has 0 unspecified atom stereocenters. The molecule has 0 radical (unpaired) electrons. The number of nitrogens with zero attached hydrogens (tertiary/aromatic N) is 2. The highest BCUT2D eigenvalue weighted by molar-refractivity contribution is 7.85. The lowest BCUT2D eigenvalue weighted by Crippen LogP contribution is -1.88. The van der Waals surface area contributed by atoms with E-state index in [9.17, 15) is 16.8 Å². The summed E-state index contributed by atoms with van der Waals surface area (Å²) in [5.41, 5.74) is 0.998. The second-order valence-electron chi connectivity index (χ2n) is 3.55. The molecule has 0 fully saturated rings. The summed E-state index contributed by atoms with van der Waals surface area (Å²) in [4.78, 5) is 7.97. The van der Waals surface area contributed by atoms with Crippen molar-refractivity contribution < 1.29 is 25.9 Å². The summed E-state index contributed by atoms with van der Waals surface area (Å²) >= 11 is 0. The van der Waals surface area contributed by atoms with Crippen LogP contribution < -0.4 is 0 Å². The first-order chi connectivity index (χ1) is 8.97. The van der Waals surface area contributed by atoms with Crippen molar-refractivity contribution >= 4 is 31.1 Å². The number of para-hydroxylation sites is 1. The summed E-state index contributed by atoms with van der Waals surface area (Å²) in [5, 5.41) is 1.09. The Kier molecular flexibility index (Phi) is 7.21.